The number of benzene rings is 1. The fourth-order valence-electron chi connectivity index (χ4n) is 2.21. The van der Waals surface area contributed by atoms with Crippen molar-refractivity contribution in [2.75, 3.05) is 6.54 Å². The van der Waals surface area contributed by atoms with E-state index in [0.29, 0.717) is 28.7 Å². The molecule has 122 valence electrons. The molecule has 0 fully saturated rings. The van der Waals surface area contributed by atoms with E-state index in [2.05, 4.69) is 15.4 Å². The summed E-state index contributed by atoms with van der Waals surface area (Å²) in [6, 6.07) is 10.5. The highest BCUT2D eigenvalue weighted by Gasteiger charge is 2.10. The number of hydrogen-bond acceptors (Lipinski definition) is 3. The molecule has 3 rings (SSSR count). The number of hydrogen-bond donors (Lipinski definition) is 1. The molecule has 24 heavy (non-hydrogen) atoms. The van der Waals surface area contributed by atoms with Gasteiger partial charge in [-0.25, -0.2) is 0 Å². The first kappa shape index (κ1) is 16.5. The molecular formula is C17H14Cl2N4O. The maximum atomic E-state index is 12.1. The second-order valence-electron chi connectivity index (χ2n) is 5.08. The van der Waals surface area contributed by atoms with Gasteiger partial charge in [0, 0.05) is 35.7 Å². The van der Waals surface area contributed by atoms with E-state index >= 15 is 0 Å². The summed E-state index contributed by atoms with van der Waals surface area (Å²) < 4.78 is 1.77. The number of carbonyl (C=O) groups is 1. The molecule has 7 heteroatoms. The SMILES string of the molecule is O=C(NCCn1ccc(-c2ccncc2)n1)c1cc(Cl)ccc1Cl. The van der Waals surface area contributed by atoms with E-state index in [1.807, 2.05) is 24.4 Å². The van der Waals surface area contributed by atoms with E-state index in [9.17, 15) is 4.79 Å². The average molecular weight is 361 g/mol. The first-order valence-electron chi connectivity index (χ1n) is 7.30. The summed E-state index contributed by atoms with van der Waals surface area (Å²) in [4.78, 5) is 16.1. The molecular weight excluding hydrogens is 347 g/mol. The number of rotatable bonds is 5. The van der Waals surface area contributed by atoms with E-state index in [-0.39, 0.29) is 5.91 Å². The fourth-order valence-corrected chi connectivity index (χ4v) is 2.59. The predicted molar refractivity (Wildman–Crippen MR) is 94.3 cm³/mol. The minimum Gasteiger partial charge on any atom is -0.350 e. The summed E-state index contributed by atoms with van der Waals surface area (Å²) in [5, 5.41) is 8.13. The molecule has 3 aromatic rings. The minimum atomic E-state index is -0.260. The maximum Gasteiger partial charge on any atom is 0.252 e. The Hall–Kier alpha value is -2.37. The van der Waals surface area contributed by atoms with Crippen LogP contribution in [0.1, 0.15) is 10.4 Å². The van der Waals surface area contributed by atoms with Gasteiger partial charge in [0.2, 0.25) is 0 Å². The molecule has 5 nitrogen and oxygen atoms in total. The van der Waals surface area contributed by atoms with Gasteiger partial charge in [0.15, 0.2) is 0 Å². The molecule has 0 aliphatic rings. The van der Waals surface area contributed by atoms with E-state index in [1.54, 1.807) is 35.3 Å². The Labute approximate surface area is 149 Å². The van der Waals surface area contributed by atoms with Crippen molar-refractivity contribution in [1.29, 1.82) is 0 Å². The predicted octanol–water partition coefficient (Wildman–Crippen LogP) is 3.68. The molecule has 0 atom stereocenters. The molecule has 0 bridgehead atoms. The van der Waals surface area contributed by atoms with Gasteiger partial charge in [0.25, 0.3) is 5.91 Å². The zero-order valence-electron chi connectivity index (χ0n) is 12.6. The van der Waals surface area contributed by atoms with Crippen LogP contribution in [0, 0.1) is 0 Å². The van der Waals surface area contributed by atoms with Gasteiger partial charge in [-0.2, -0.15) is 5.10 Å². The lowest BCUT2D eigenvalue weighted by molar-refractivity contribution is 0.0952. The molecule has 0 radical (unpaired) electrons. The van der Waals surface area contributed by atoms with E-state index in [4.69, 9.17) is 23.2 Å². The van der Waals surface area contributed by atoms with E-state index in [1.165, 1.54) is 0 Å². The van der Waals surface area contributed by atoms with Gasteiger partial charge in [-0.05, 0) is 36.4 Å². The van der Waals surface area contributed by atoms with Crippen molar-refractivity contribution < 1.29 is 4.79 Å². The second-order valence-corrected chi connectivity index (χ2v) is 5.92. The Bertz CT molecular complexity index is 849. The van der Waals surface area contributed by atoms with Crippen molar-refractivity contribution in [2.45, 2.75) is 6.54 Å². The summed E-state index contributed by atoms with van der Waals surface area (Å²) >= 11 is 11.9. The third kappa shape index (κ3) is 3.93. The second kappa shape index (κ2) is 7.47. The number of halogens is 2. The number of nitrogens with one attached hydrogen (secondary N) is 1. The van der Waals surface area contributed by atoms with Crippen LogP contribution >= 0.6 is 23.2 Å². The average Bonchev–Trinajstić information content (AvgIpc) is 3.06. The molecule has 0 aliphatic heterocycles. The standard InChI is InChI=1S/C17H14Cl2N4O/c18-13-1-2-15(19)14(11-13)17(24)21-8-10-23-9-5-16(22-23)12-3-6-20-7-4-12/h1-7,9,11H,8,10H2,(H,21,24). The summed E-state index contributed by atoms with van der Waals surface area (Å²) in [5.41, 5.74) is 2.22. The summed E-state index contributed by atoms with van der Waals surface area (Å²) in [6.07, 6.45) is 5.32. The normalized spacial score (nSPS) is 10.6. The number of pyridine rings is 1. The van der Waals surface area contributed by atoms with Crippen molar-refractivity contribution in [2.24, 2.45) is 0 Å². The number of amides is 1. The Morgan fingerprint density at radius 3 is 2.71 bits per heavy atom. The molecule has 2 heterocycles. The van der Waals surface area contributed by atoms with Crippen molar-refractivity contribution in [3.05, 3.63) is 70.6 Å². The smallest absolute Gasteiger partial charge is 0.252 e. The molecule has 0 unspecified atom stereocenters. The molecule has 0 saturated carbocycles. The number of aromatic nitrogens is 3. The Morgan fingerprint density at radius 1 is 1.12 bits per heavy atom. The lowest BCUT2D eigenvalue weighted by Gasteiger charge is -2.07. The Morgan fingerprint density at radius 2 is 1.92 bits per heavy atom. The third-order valence-corrected chi connectivity index (χ3v) is 3.98. The first-order valence-corrected chi connectivity index (χ1v) is 8.06. The van der Waals surface area contributed by atoms with Gasteiger partial charge in [-0.3, -0.25) is 14.5 Å². The van der Waals surface area contributed by atoms with Crippen LogP contribution < -0.4 is 5.32 Å². The lowest BCUT2D eigenvalue weighted by Crippen LogP contribution is -2.27. The molecule has 0 aliphatic carbocycles. The summed E-state index contributed by atoms with van der Waals surface area (Å²) in [7, 11) is 0. The molecule has 0 spiro atoms. The van der Waals surface area contributed by atoms with Gasteiger partial charge >= 0.3 is 0 Å². The Balaban J connectivity index is 1.58. The van der Waals surface area contributed by atoms with Crippen LogP contribution in [0.3, 0.4) is 0 Å². The topological polar surface area (TPSA) is 59.8 Å². The van der Waals surface area contributed by atoms with Gasteiger partial charge in [-0.15, -0.1) is 0 Å². The van der Waals surface area contributed by atoms with E-state index < -0.39 is 0 Å². The minimum absolute atomic E-state index is 0.260. The fraction of sp³-hybridized carbons (Fsp3) is 0.118. The van der Waals surface area contributed by atoms with Crippen LogP contribution in [0.4, 0.5) is 0 Å². The molecule has 1 N–H and O–H groups in total. The zero-order valence-corrected chi connectivity index (χ0v) is 14.1. The summed E-state index contributed by atoms with van der Waals surface area (Å²) in [5.74, 6) is -0.260. The van der Waals surface area contributed by atoms with Crippen LogP contribution in [0.5, 0.6) is 0 Å². The van der Waals surface area contributed by atoms with E-state index in [0.717, 1.165) is 11.3 Å². The molecule has 0 saturated heterocycles. The highest BCUT2D eigenvalue weighted by molar-refractivity contribution is 6.35. The molecule has 1 aromatic carbocycles. The molecule has 1 amide bonds. The maximum absolute atomic E-state index is 12.1. The van der Waals surface area contributed by atoms with Crippen molar-refractivity contribution >= 4 is 29.1 Å². The first-order chi connectivity index (χ1) is 11.6. The van der Waals surface area contributed by atoms with Crippen LogP contribution in [-0.2, 0) is 6.54 Å². The highest BCUT2D eigenvalue weighted by Crippen LogP contribution is 2.20. The van der Waals surface area contributed by atoms with Crippen LogP contribution in [0.25, 0.3) is 11.3 Å². The van der Waals surface area contributed by atoms with Gasteiger partial charge < -0.3 is 5.32 Å². The lowest BCUT2D eigenvalue weighted by atomic mass is 10.2. The van der Waals surface area contributed by atoms with Gasteiger partial charge in [-0.1, -0.05) is 23.2 Å². The third-order valence-electron chi connectivity index (χ3n) is 3.42. The van der Waals surface area contributed by atoms with Crippen LogP contribution in [-0.4, -0.2) is 27.2 Å². The largest absolute Gasteiger partial charge is 0.350 e. The van der Waals surface area contributed by atoms with Gasteiger partial charge in [0.05, 0.1) is 22.8 Å². The number of carbonyl (C=O) groups excluding carboxylic acids is 1. The monoisotopic (exact) mass is 360 g/mol. The van der Waals surface area contributed by atoms with Crippen molar-refractivity contribution in [3.63, 3.8) is 0 Å². The molecule has 2 aromatic heterocycles. The van der Waals surface area contributed by atoms with Crippen LogP contribution in [0.2, 0.25) is 10.0 Å². The highest BCUT2D eigenvalue weighted by atomic mass is 35.5. The Kier molecular flexibility index (Phi) is 5.13. The number of nitrogens with zero attached hydrogens (tertiary/aromatic N) is 3. The summed E-state index contributed by atoms with van der Waals surface area (Å²) in [6.45, 7) is 0.980. The quantitative estimate of drug-likeness (QED) is 0.754. The van der Waals surface area contributed by atoms with Crippen LogP contribution in [0.15, 0.2) is 55.0 Å². The zero-order chi connectivity index (χ0) is 16.9. The van der Waals surface area contributed by atoms with Crippen molar-refractivity contribution in [1.82, 2.24) is 20.1 Å². The van der Waals surface area contributed by atoms with Gasteiger partial charge in [0.1, 0.15) is 0 Å². The van der Waals surface area contributed by atoms with Crippen molar-refractivity contribution in [3.8, 4) is 11.3 Å².